The number of piperazine rings is 1. The maximum Gasteiger partial charge on any atom is 0.234 e. The molecule has 1 atom stereocenters. The van der Waals surface area contributed by atoms with Crippen LogP contribution in [0.3, 0.4) is 0 Å². The fourth-order valence-corrected chi connectivity index (χ4v) is 3.16. The van der Waals surface area contributed by atoms with Crippen LogP contribution < -0.4 is 10.2 Å². The Kier molecular flexibility index (Phi) is 7.68. The van der Waals surface area contributed by atoms with Crippen molar-refractivity contribution in [3.05, 3.63) is 29.8 Å². The van der Waals surface area contributed by atoms with E-state index in [1.165, 1.54) is 0 Å². The summed E-state index contributed by atoms with van der Waals surface area (Å²) in [5.41, 5.74) is 2.26. The van der Waals surface area contributed by atoms with Crippen molar-refractivity contribution in [2.45, 2.75) is 25.9 Å². The van der Waals surface area contributed by atoms with E-state index in [9.17, 15) is 9.90 Å². The first-order valence-corrected chi connectivity index (χ1v) is 9.13. The van der Waals surface area contributed by atoms with Crippen LogP contribution in [0, 0.1) is 0 Å². The largest absolute Gasteiger partial charge is 0.395 e. The van der Waals surface area contributed by atoms with E-state index in [0.29, 0.717) is 13.1 Å². The zero-order chi connectivity index (χ0) is 18.2. The molecule has 1 heterocycles. The number of aliphatic hydroxyl groups is 1. The average Bonchev–Trinajstić information content (AvgIpc) is 2.63. The van der Waals surface area contributed by atoms with E-state index in [-0.39, 0.29) is 18.6 Å². The summed E-state index contributed by atoms with van der Waals surface area (Å²) in [6, 6.07) is 8.47. The summed E-state index contributed by atoms with van der Waals surface area (Å²) >= 11 is 0. The van der Waals surface area contributed by atoms with Gasteiger partial charge in [0.1, 0.15) is 0 Å². The van der Waals surface area contributed by atoms with Gasteiger partial charge in [0, 0.05) is 58.5 Å². The fourth-order valence-electron chi connectivity index (χ4n) is 3.16. The molecule has 1 aromatic rings. The highest BCUT2D eigenvalue weighted by Gasteiger charge is 2.23. The maximum atomic E-state index is 12.2. The van der Waals surface area contributed by atoms with Gasteiger partial charge in [-0.3, -0.25) is 14.6 Å². The van der Waals surface area contributed by atoms with Gasteiger partial charge in [-0.15, -0.1) is 0 Å². The van der Waals surface area contributed by atoms with Crippen LogP contribution in [0.25, 0.3) is 0 Å². The van der Waals surface area contributed by atoms with Gasteiger partial charge >= 0.3 is 0 Å². The van der Waals surface area contributed by atoms with Crippen molar-refractivity contribution in [1.29, 1.82) is 0 Å². The summed E-state index contributed by atoms with van der Waals surface area (Å²) in [6.07, 6.45) is 0.962. The molecule has 1 aromatic carbocycles. The van der Waals surface area contributed by atoms with Gasteiger partial charge < -0.3 is 15.3 Å². The van der Waals surface area contributed by atoms with E-state index in [2.05, 4.69) is 39.1 Å². The van der Waals surface area contributed by atoms with Crippen LogP contribution in [0.15, 0.2) is 24.3 Å². The minimum atomic E-state index is 0.0688. The van der Waals surface area contributed by atoms with Crippen LogP contribution in [-0.4, -0.2) is 80.3 Å². The molecule has 6 nitrogen and oxygen atoms in total. The van der Waals surface area contributed by atoms with E-state index in [1.807, 2.05) is 26.2 Å². The standard InChI is InChI=1S/C19H32N4O2/c1-4-17(15-24)23-11-9-22(10-12-23)14-19(25)20-13-16-5-7-18(8-6-16)21(2)3/h5-8,17,24H,4,9-15H2,1-3H3,(H,20,25). The third kappa shape index (κ3) is 5.99. The average molecular weight is 348 g/mol. The lowest BCUT2D eigenvalue weighted by atomic mass is 10.1. The van der Waals surface area contributed by atoms with E-state index < -0.39 is 0 Å². The third-order valence-electron chi connectivity index (χ3n) is 4.91. The molecule has 0 radical (unpaired) electrons. The molecular formula is C19H32N4O2. The minimum absolute atomic E-state index is 0.0688. The van der Waals surface area contributed by atoms with Crippen molar-refractivity contribution in [2.75, 3.05) is 58.3 Å². The van der Waals surface area contributed by atoms with Gasteiger partial charge in [-0.2, -0.15) is 0 Å². The van der Waals surface area contributed by atoms with Crippen molar-refractivity contribution in [3.63, 3.8) is 0 Å². The minimum Gasteiger partial charge on any atom is -0.395 e. The first-order valence-electron chi connectivity index (χ1n) is 9.13. The molecule has 1 unspecified atom stereocenters. The summed E-state index contributed by atoms with van der Waals surface area (Å²) in [5, 5.41) is 12.4. The molecule has 2 rings (SSSR count). The van der Waals surface area contributed by atoms with Gasteiger partial charge in [0.05, 0.1) is 13.2 Å². The number of rotatable bonds is 8. The molecule has 2 N–H and O–H groups in total. The highest BCUT2D eigenvalue weighted by atomic mass is 16.3. The molecule has 140 valence electrons. The van der Waals surface area contributed by atoms with E-state index >= 15 is 0 Å². The highest BCUT2D eigenvalue weighted by Crippen LogP contribution is 2.12. The van der Waals surface area contributed by atoms with Gasteiger partial charge in [0.2, 0.25) is 5.91 Å². The SMILES string of the molecule is CCC(CO)N1CCN(CC(=O)NCc2ccc(N(C)C)cc2)CC1. The molecule has 0 saturated carbocycles. The Morgan fingerprint density at radius 2 is 1.84 bits per heavy atom. The molecule has 1 saturated heterocycles. The lowest BCUT2D eigenvalue weighted by Gasteiger charge is -2.38. The number of carbonyl (C=O) groups excluding carboxylic acids is 1. The van der Waals surface area contributed by atoms with Crippen LogP contribution >= 0.6 is 0 Å². The smallest absolute Gasteiger partial charge is 0.234 e. The molecule has 0 bridgehead atoms. The second-order valence-electron chi connectivity index (χ2n) is 6.89. The van der Waals surface area contributed by atoms with Crippen LogP contribution in [-0.2, 0) is 11.3 Å². The van der Waals surface area contributed by atoms with E-state index in [0.717, 1.165) is 43.9 Å². The quantitative estimate of drug-likeness (QED) is 0.726. The molecule has 1 aliphatic rings. The Morgan fingerprint density at radius 1 is 1.20 bits per heavy atom. The normalized spacial score (nSPS) is 17.3. The Balaban J connectivity index is 1.70. The van der Waals surface area contributed by atoms with Crippen LogP contribution in [0.4, 0.5) is 5.69 Å². The lowest BCUT2D eigenvalue weighted by molar-refractivity contribution is -0.123. The number of anilines is 1. The molecule has 1 fully saturated rings. The molecular weight excluding hydrogens is 316 g/mol. The van der Waals surface area contributed by atoms with Gasteiger partial charge in [0.25, 0.3) is 0 Å². The summed E-state index contributed by atoms with van der Waals surface area (Å²) in [5.74, 6) is 0.0688. The van der Waals surface area contributed by atoms with Gasteiger partial charge in [0.15, 0.2) is 0 Å². The van der Waals surface area contributed by atoms with Gasteiger partial charge in [-0.25, -0.2) is 0 Å². The summed E-state index contributed by atoms with van der Waals surface area (Å²) in [7, 11) is 4.03. The predicted molar refractivity (Wildman–Crippen MR) is 102 cm³/mol. The highest BCUT2D eigenvalue weighted by molar-refractivity contribution is 5.78. The molecule has 1 amide bonds. The second-order valence-corrected chi connectivity index (χ2v) is 6.89. The lowest BCUT2D eigenvalue weighted by Crippen LogP contribution is -2.53. The van der Waals surface area contributed by atoms with Crippen LogP contribution in [0.2, 0.25) is 0 Å². The summed E-state index contributed by atoms with van der Waals surface area (Å²) in [6.45, 7) is 6.91. The van der Waals surface area contributed by atoms with Crippen LogP contribution in [0.5, 0.6) is 0 Å². The Labute approximate surface area is 151 Å². The van der Waals surface area contributed by atoms with E-state index in [1.54, 1.807) is 0 Å². The number of carbonyl (C=O) groups is 1. The number of benzene rings is 1. The number of hydrogen-bond acceptors (Lipinski definition) is 5. The second kappa shape index (κ2) is 9.75. The Morgan fingerprint density at radius 3 is 2.36 bits per heavy atom. The summed E-state index contributed by atoms with van der Waals surface area (Å²) < 4.78 is 0. The number of amides is 1. The van der Waals surface area contributed by atoms with Crippen molar-refractivity contribution in [3.8, 4) is 0 Å². The zero-order valence-electron chi connectivity index (χ0n) is 15.7. The number of nitrogens with one attached hydrogen (secondary N) is 1. The number of aliphatic hydroxyl groups excluding tert-OH is 1. The fraction of sp³-hybridized carbons (Fsp3) is 0.632. The van der Waals surface area contributed by atoms with E-state index in [4.69, 9.17) is 0 Å². The molecule has 0 spiro atoms. The molecule has 0 aromatic heterocycles. The van der Waals surface area contributed by atoms with Crippen LogP contribution in [0.1, 0.15) is 18.9 Å². The van der Waals surface area contributed by atoms with Crippen molar-refractivity contribution >= 4 is 11.6 Å². The molecule has 0 aliphatic carbocycles. The maximum absolute atomic E-state index is 12.2. The number of hydrogen-bond donors (Lipinski definition) is 2. The monoisotopic (exact) mass is 348 g/mol. The third-order valence-corrected chi connectivity index (χ3v) is 4.91. The molecule has 6 heteroatoms. The van der Waals surface area contributed by atoms with Crippen molar-refractivity contribution in [2.24, 2.45) is 0 Å². The Bertz CT molecular complexity index is 521. The molecule has 1 aliphatic heterocycles. The summed E-state index contributed by atoms with van der Waals surface area (Å²) in [4.78, 5) is 18.7. The topological polar surface area (TPSA) is 59.1 Å². The van der Waals surface area contributed by atoms with Crippen molar-refractivity contribution in [1.82, 2.24) is 15.1 Å². The first kappa shape index (κ1) is 19.7. The van der Waals surface area contributed by atoms with Crippen molar-refractivity contribution < 1.29 is 9.90 Å². The van der Waals surface area contributed by atoms with Gasteiger partial charge in [-0.1, -0.05) is 19.1 Å². The zero-order valence-corrected chi connectivity index (χ0v) is 15.7. The molecule has 25 heavy (non-hydrogen) atoms. The van der Waals surface area contributed by atoms with Gasteiger partial charge in [-0.05, 0) is 24.1 Å². The Hall–Kier alpha value is -1.63. The predicted octanol–water partition coefficient (Wildman–Crippen LogP) is 0.757. The number of nitrogens with zero attached hydrogens (tertiary/aromatic N) is 3. The first-order chi connectivity index (χ1) is 12.0.